The zero-order chi connectivity index (χ0) is 19.9. The van der Waals surface area contributed by atoms with Gasteiger partial charge in [0.1, 0.15) is 11.9 Å². The average molecular weight is 393 g/mol. The lowest BCUT2D eigenvalue weighted by Gasteiger charge is -2.33. The second kappa shape index (κ2) is 9.63. The third-order valence-corrected chi connectivity index (χ3v) is 4.60. The first-order valence-corrected chi connectivity index (χ1v) is 9.18. The van der Waals surface area contributed by atoms with Crippen LogP contribution in [0.15, 0.2) is 36.4 Å². The van der Waals surface area contributed by atoms with Gasteiger partial charge in [-0.25, -0.2) is 9.18 Å². The molecule has 28 heavy (non-hydrogen) atoms. The summed E-state index contributed by atoms with van der Waals surface area (Å²) in [7, 11) is 0. The normalized spacial score (nSPS) is 24.6. The number of rotatable bonds is 5. The van der Waals surface area contributed by atoms with Crippen LogP contribution in [0.1, 0.15) is 6.42 Å². The minimum atomic E-state index is -0.675. The molecule has 2 heterocycles. The van der Waals surface area contributed by atoms with Crippen LogP contribution in [0.5, 0.6) is 0 Å². The van der Waals surface area contributed by atoms with Gasteiger partial charge in [0.05, 0.1) is 38.4 Å². The summed E-state index contributed by atoms with van der Waals surface area (Å²) in [4.78, 5) is 26.2. The summed E-state index contributed by atoms with van der Waals surface area (Å²) < 4.78 is 23.9. The van der Waals surface area contributed by atoms with Crippen molar-refractivity contribution in [1.82, 2.24) is 10.2 Å². The highest BCUT2D eigenvalue weighted by atomic mass is 19.1. The fourth-order valence-electron chi connectivity index (χ4n) is 3.10. The SMILES string of the molecule is O=C(Nc1ccc(F)cc1)N[C@@H]1C=C[C@H](CC(=O)N2CCOCC2)O[C@H]1CO. The number of nitrogens with zero attached hydrogens (tertiary/aromatic N) is 1. The Balaban J connectivity index is 1.52. The van der Waals surface area contributed by atoms with Crippen LogP contribution >= 0.6 is 0 Å². The summed E-state index contributed by atoms with van der Waals surface area (Å²) in [6.45, 7) is 1.87. The molecule has 3 amide bonds. The lowest BCUT2D eigenvalue weighted by Crippen LogP contribution is -2.50. The number of carbonyl (C=O) groups excluding carboxylic acids is 2. The van der Waals surface area contributed by atoms with Crippen molar-refractivity contribution in [2.45, 2.75) is 24.7 Å². The lowest BCUT2D eigenvalue weighted by molar-refractivity contribution is -0.139. The molecule has 1 aromatic carbocycles. The molecule has 3 atom stereocenters. The molecule has 3 N–H and O–H groups in total. The van der Waals surface area contributed by atoms with Gasteiger partial charge in [0.25, 0.3) is 0 Å². The van der Waals surface area contributed by atoms with E-state index in [1.54, 1.807) is 17.1 Å². The Bertz CT molecular complexity index is 706. The van der Waals surface area contributed by atoms with Gasteiger partial charge in [0.2, 0.25) is 5.91 Å². The Morgan fingerprint density at radius 2 is 1.89 bits per heavy atom. The number of ether oxygens (including phenoxy) is 2. The van der Waals surface area contributed by atoms with E-state index >= 15 is 0 Å². The molecule has 8 nitrogen and oxygen atoms in total. The van der Waals surface area contributed by atoms with Crippen molar-refractivity contribution in [1.29, 1.82) is 0 Å². The number of amides is 3. The Morgan fingerprint density at radius 1 is 1.18 bits per heavy atom. The molecule has 2 aliphatic rings. The van der Waals surface area contributed by atoms with Crippen LogP contribution in [-0.2, 0) is 14.3 Å². The quantitative estimate of drug-likeness (QED) is 0.645. The second-order valence-corrected chi connectivity index (χ2v) is 6.61. The average Bonchev–Trinajstić information content (AvgIpc) is 2.71. The molecule has 0 unspecified atom stereocenters. The van der Waals surface area contributed by atoms with Crippen molar-refractivity contribution >= 4 is 17.6 Å². The van der Waals surface area contributed by atoms with E-state index in [-0.39, 0.29) is 18.9 Å². The van der Waals surface area contributed by atoms with E-state index in [4.69, 9.17) is 9.47 Å². The van der Waals surface area contributed by atoms with Crippen molar-refractivity contribution in [3.8, 4) is 0 Å². The fourth-order valence-corrected chi connectivity index (χ4v) is 3.10. The lowest BCUT2D eigenvalue weighted by atomic mass is 10.0. The van der Waals surface area contributed by atoms with E-state index in [0.29, 0.717) is 32.0 Å². The third kappa shape index (κ3) is 5.51. The summed E-state index contributed by atoms with van der Waals surface area (Å²) in [6, 6.07) is 4.31. The first kappa shape index (κ1) is 20.2. The van der Waals surface area contributed by atoms with Gasteiger partial charge in [-0.2, -0.15) is 0 Å². The number of hydrogen-bond acceptors (Lipinski definition) is 5. The molecule has 1 aromatic rings. The molecule has 0 spiro atoms. The van der Waals surface area contributed by atoms with Crippen molar-refractivity contribution in [2.75, 3.05) is 38.2 Å². The van der Waals surface area contributed by atoms with Crippen molar-refractivity contribution in [3.05, 3.63) is 42.2 Å². The number of nitrogens with one attached hydrogen (secondary N) is 2. The summed E-state index contributed by atoms with van der Waals surface area (Å²) in [6.07, 6.45) is 2.46. The minimum absolute atomic E-state index is 0.0323. The van der Waals surface area contributed by atoms with Gasteiger partial charge in [-0.05, 0) is 24.3 Å². The maximum Gasteiger partial charge on any atom is 0.319 e. The van der Waals surface area contributed by atoms with E-state index in [9.17, 15) is 19.1 Å². The van der Waals surface area contributed by atoms with Crippen LogP contribution in [0.2, 0.25) is 0 Å². The molecule has 2 aliphatic heterocycles. The van der Waals surface area contributed by atoms with Crippen LogP contribution < -0.4 is 10.6 Å². The first-order valence-electron chi connectivity index (χ1n) is 9.18. The number of halogens is 1. The van der Waals surface area contributed by atoms with Gasteiger partial charge < -0.3 is 30.1 Å². The standard InChI is InChI=1S/C19H24FN3O5/c20-13-1-3-14(4-2-13)21-19(26)22-16-6-5-15(28-17(16)12-24)11-18(25)23-7-9-27-10-8-23/h1-6,15-17,24H,7-12H2,(H2,21,22,26)/t15-,16-,17+/m1/s1. The summed E-state index contributed by atoms with van der Waals surface area (Å²) in [5.41, 5.74) is 0.439. The van der Waals surface area contributed by atoms with E-state index in [1.807, 2.05) is 0 Å². The van der Waals surface area contributed by atoms with Gasteiger partial charge in [0, 0.05) is 18.8 Å². The zero-order valence-corrected chi connectivity index (χ0v) is 15.3. The van der Waals surface area contributed by atoms with Crippen LogP contribution in [0, 0.1) is 5.82 Å². The molecule has 0 aromatic heterocycles. The molecular weight excluding hydrogens is 369 g/mol. The molecular formula is C19H24FN3O5. The molecule has 3 rings (SSSR count). The Labute approximate surface area is 162 Å². The maximum atomic E-state index is 12.9. The third-order valence-electron chi connectivity index (χ3n) is 4.60. The van der Waals surface area contributed by atoms with Gasteiger partial charge in [0.15, 0.2) is 0 Å². The highest BCUT2D eigenvalue weighted by Gasteiger charge is 2.30. The van der Waals surface area contributed by atoms with Crippen molar-refractivity contribution in [3.63, 3.8) is 0 Å². The predicted molar refractivity (Wildman–Crippen MR) is 99.2 cm³/mol. The van der Waals surface area contributed by atoms with Gasteiger partial charge in [-0.1, -0.05) is 12.2 Å². The van der Waals surface area contributed by atoms with Gasteiger partial charge >= 0.3 is 6.03 Å². The zero-order valence-electron chi connectivity index (χ0n) is 15.3. The highest BCUT2D eigenvalue weighted by molar-refractivity contribution is 5.89. The number of anilines is 1. The van der Waals surface area contributed by atoms with Crippen LogP contribution in [0.3, 0.4) is 0 Å². The Morgan fingerprint density at radius 3 is 2.57 bits per heavy atom. The molecule has 0 aliphatic carbocycles. The number of benzene rings is 1. The fraction of sp³-hybridized carbons (Fsp3) is 0.474. The number of aliphatic hydroxyl groups excluding tert-OH is 1. The molecule has 1 saturated heterocycles. The summed E-state index contributed by atoms with van der Waals surface area (Å²) in [5.74, 6) is -0.428. The minimum Gasteiger partial charge on any atom is -0.394 e. The smallest absolute Gasteiger partial charge is 0.319 e. The van der Waals surface area contributed by atoms with E-state index in [0.717, 1.165) is 0 Å². The molecule has 0 saturated carbocycles. The number of carbonyl (C=O) groups is 2. The Hall–Kier alpha value is -2.49. The maximum absolute atomic E-state index is 12.9. The predicted octanol–water partition coefficient (Wildman–Crippen LogP) is 0.881. The van der Waals surface area contributed by atoms with Crippen LogP contribution in [0.25, 0.3) is 0 Å². The van der Waals surface area contributed by atoms with Crippen molar-refractivity contribution < 1.29 is 28.6 Å². The number of aliphatic hydroxyl groups is 1. The monoisotopic (exact) mass is 393 g/mol. The number of urea groups is 1. The van der Waals surface area contributed by atoms with E-state index in [1.165, 1.54) is 24.3 Å². The highest BCUT2D eigenvalue weighted by Crippen LogP contribution is 2.17. The number of hydrogen-bond donors (Lipinski definition) is 3. The topological polar surface area (TPSA) is 100 Å². The van der Waals surface area contributed by atoms with E-state index in [2.05, 4.69) is 10.6 Å². The van der Waals surface area contributed by atoms with Crippen LogP contribution in [-0.4, -0.2) is 73.1 Å². The number of morpholine rings is 1. The first-order chi connectivity index (χ1) is 13.5. The molecule has 1 fully saturated rings. The summed E-state index contributed by atoms with van der Waals surface area (Å²) in [5, 5.41) is 14.9. The Kier molecular flexibility index (Phi) is 6.96. The van der Waals surface area contributed by atoms with Gasteiger partial charge in [-0.3, -0.25) is 4.79 Å². The van der Waals surface area contributed by atoms with Crippen LogP contribution in [0.4, 0.5) is 14.9 Å². The molecule has 0 radical (unpaired) electrons. The van der Waals surface area contributed by atoms with Gasteiger partial charge in [-0.15, -0.1) is 0 Å². The molecule has 0 bridgehead atoms. The molecule has 9 heteroatoms. The largest absolute Gasteiger partial charge is 0.394 e. The van der Waals surface area contributed by atoms with Crippen molar-refractivity contribution in [2.24, 2.45) is 0 Å². The molecule has 152 valence electrons. The van der Waals surface area contributed by atoms with E-state index < -0.39 is 30.1 Å². The second-order valence-electron chi connectivity index (χ2n) is 6.61. The summed E-state index contributed by atoms with van der Waals surface area (Å²) >= 11 is 0.